The summed E-state index contributed by atoms with van der Waals surface area (Å²) in [4.78, 5) is 28.8. The molecule has 2 aliphatic rings. The summed E-state index contributed by atoms with van der Waals surface area (Å²) in [5.41, 5.74) is 3.51. The number of amides is 2. The fourth-order valence-electron chi connectivity index (χ4n) is 5.82. The van der Waals surface area contributed by atoms with Crippen LogP contribution in [0.15, 0.2) is 52.4 Å². The molecule has 1 aromatic carbocycles. The molecule has 1 aromatic heterocycles. The summed E-state index contributed by atoms with van der Waals surface area (Å²) >= 11 is 7.80. The maximum atomic E-state index is 13.4. The van der Waals surface area contributed by atoms with Gasteiger partial charge in [-0.3, -0.25) is 14.5 Å². The van der Waals surface area contributed by atoms with E-state index in [9.17, 15) is 24.9 Å². The second kappa shape index (κ2) is 11.9. The minimum atomic E-state index is -0.831. The molecule has 0 bridgehead atoms. The first kappa shape index (κ1) is 27.6. The number of phenolic OH excluding ortho intramolecular Hbond substituents is 1. The van der Waals surface area contributed by atoms with Gasteiger partial charge in [0, 0.05) is 10.8 Å². The Hall–Kier alpha value is -2.45. The highest BCUT2D eigenvalue weighted by Gasteiger charge is 2.54. The molecule has 1 aliphatic heterocycles. The van der Waals surface area contributed by atoms with E-state index < -0.39 is 23.9 Å². The Labute approximate surface area is 226 Å². The van der Waals surface area contributed by atoms with Gasteiger partial charge in [-0.05, 0) is 73.4 Å². The van der Waals surface area contributed by atoms with Gasteiger partial charge < -0.3 is 15.3 Å². The number of aliphatic hydroxyl groups excluding tert-OH is 2. The molecule has 2 heterocycles. The Bertz CT molecular complexity index is 1200. The van der Waals surface area contributed by atoms with Crippen LogP contribution in [-0.4, -0.2) is 44.7 Å². The van der Waals surface area contributed by atoms with Gasteiger partial charge >= 0.3 is 0 Å². The number of hydrogen-bond donors (Lipinski definition) is 3. The largest absolute Gasteiger partial charge is 0.508 e. The van der Waals surface area contributed by atoms with Gasteiger partial charge in [-0.1, -0.05) is 48.2 Å². The SMILES string of the molecule is CCC/C(=C\c1ccc(O)cc1Cl)CC[C@@H](O)C1=C(C)C[C@H]2C(=O)N(Cc3cccs3)C(=O)[C@H]2[C@H]1CO. The summed E-state index contributed by atoms with van der Waals surface area (Å²) in [5.74, 6) is -2.05. The van der Waals surface area contributed by atoms with Crippen molar-refractivity contribution in [2.75, 3.05) is 6.61 Å². The zero-order chi connectivity index (χ0) is 26.7. The van der Waals surface area contributed by atoms with Crippen molar-refractivity contribution in [1.82, 2.24) is 4.90 Å². The molecule has 1 fully saturated rings. The highest BCUT2D eigenvalue weighted by Crippen LogP contribution is 2.46. The Morgan fingerprint density at radius 1 is 1.24 bits per heavy atom. The molecule has 37 heavy (non-hydrogen) atoms. The minimum absolute atomic E-state index is 0.108. The third kappa shape index (κ3) is 5.85. The topological polar surface area (TPSA) is 98.1 Å². The van der Waals surface area contributed by atoms with Gasteiger partial charge in [0.1, 0.15) is 5.75 Å². The molecule has 1 aliphatic carbocycles. The molecular weight excluding hydrogens is 510 g/mol. The number of nitrogens with zero attached hydrogens (tertiary/aromatic N) is 1. The highest BCUT2D eigenvalue weighted by molar-refractivity contribution is 7.09. The number of allylic oxidation sites excluding steroid dienone is 2. The van der Waals surface area contributed by atoms with Crippen molar-refractivity contribution >= 4 is 40.8 Å². The van der Waals surface area contributed by atoms with Crippen molar-refractivity contribution in [1.29, 1.82) is 0 Å². The van der Waals surface area contributed by atoms with Crippen LogP contribution in [0.3, 0.4) is 0 Å². The molecule has 0 saturated carbocycles. The number of thiophene rings is 1. The number of imide groups is 1. The third-order valence-electron chi connectivity index (χ3n) is 7.52. The standard InChI is InChI=1S/C29H34ClNO5S/c1-3-5-18(13-19-8-9-20(33)14-24(19)30)7-10-25(34)26-17(2)12-22-27(23(26)16-32)29(36)31(28(22)35)15-21-6-4-11-37-21/h4,6,8-9,11,13-14,22-23,25,27,32-34H,3,5,7,10,12,15-16H2,1-2H3/b18-13+/t22-,23+,25-,27-/m1/s1. The van der Waals surface area contributed by atoms with Gasteiger partial charge in [-0.15, -0.1) is 11.3 Å². The number of likely N-dealkylation sites (tertiary alicyclic amines) is 1. The van der Waals surface area contributed by atoms with E-state index in [-0.39, 0.29) is 30.7 Å². The molecule has 6 nitrogen and oxygen atoms in total. The van der Waals surface area contributed by atoms with Gasteiger partial charge in [0.15, 0.2) is 0 Å². The van der Waals surface area contributed by atoms with Crippen LogP contribution in [0.1, 0.15) is 56.4 Å². The number of carbonyl (C=O) groups excluding carboxylic acids is 2. The number of fused-ring (bicyclic) bond motifs is 1. The van der Waals surface area contributed by atoms with Gasteiger partial charge in [0.25, 0.3) is 0 Å². The van der Waals surface area contributed by atoms with Crippen molar-refractivity contribution in [2.45, 2.75) is 58.6 Å². The van der Waals surface area contributed by atoms with Crippen LogP contribution >= 0.6 is 22.9 Å². The second-order valence-corrected chi connectivity index (χ2v) is 11.5. The lowest BCUT2D eigenvalue weighted by Crippen LogP contribution is -2.38. The molecule has 8 heteroatoms. The van der Waals surface area contributed by atoms with Crippen molar-refractivity contribution in [2.24, 2.45) is 17.8 Å². The first-order valence-electron chi connectivity index (χ1n) is 12.8. The predicted molar refractivity (Wildman–Crippen MR) is 146 cm³/mol. The lowest BCUT2D eigenvalue weighted by Gasteiger charge is -2.35. The zero-order valence-electron chi connectivity index (χ0n) is 21.2. The Kier molecular flexibility index (Phi) is 8.90. The number of benzene rings is 1. The summed E-state index contributed by atoms with van der Waals surface area (Å²) in [6.07, 6.45) is 4.40. The van der Waals surface area contributed by atoms with Crippen molar-refractivity contribution < 1.29 is 24.9 Å². The van der Waals surface area contributed by atoms with E-state index in [1.54, 1.807) is 12.1 Å². The Morgan fingerprint density at radius 3 is 2.68 bits per heavy atom. The quantitative estimate of drug-likeness (QED) is 0.269. The number of rotatable bonds is 10. The van der Waals surface area contributed by atoms with Crippen LogP contribution in [0.4, 0.5) is 0 Å². The summed E-state index contributed by atoms with van der Waals surface area (Å²) in [6, 6.07) is 8.67. The Balaban J connectivity index is 1.52. The number of aromatic hydroxyl groups is 1. The van der Waals surface area contributed by atoms with E-state index in [1.807, 2.05) is 30.5 Å². The van der Waals surface area contributed by atoms with E-state index in [0.29, 0.717) is 29.9 Å². The van der Waals surface area contributed by atoms with Crippen LogP contribution < -0.4 is 0 Å². The van der Waals surface area contributed by atoms with E-state index in [2.05, 4.69) is 6.92 Å². The van der Waals surface area contributed by atoms with Gasteiger partial charge in [0.2, 0.25) is 11.8 Å². The van der Waals surface area contributed by atoms with Crippen LogP contribution in [0.25, 0.3) is 6.08 Å². The fraction of sp³-hybridized carbons (Fsp3) is 0.448. The maximum Gasteiger partial charge on any atom is 0.234 e. The van der Waals surface area contributed by atoms with Crippen LogP contribution in [0, 0.1) is 17.8 Å². The molecule has 2 amide bonds. The van der Waals surface area contributed by atoms with Crippen LogP contribution in [0.5, 0.6) is 5.75 Å². The number of aliphatic hydroxyl groups is 2. The van der Waals surface area contributed by atoms with Crippen molar-refractivity contribution in [3.05, 3.63) is 67.9 Å². The maximum absolute atomic E-state index is 13.4. The molecule has 4 atom stereocenters. The summed E-state index contributed by atoms with van der Waals surface area (Å²) < 4.78 is 0. The average molecular weight is 544 g/mol. The van der Waals surface area contributed by atoms with Gasteiger partial charge in [0.05, 0.1) is 36.1 Å². The van der Waals surface area contributed by atoms with E-state index in [1.165, 1.54) is 22.3 Å². The molecule has 0 spiro atoms. The van der Waals surface area contributed by atoms with E-state index in [4.69, 9.17) is 11.6 Å². The van der Waals surface area contributed by atoms with Crippen LogP contribution in [0.2, 0.25) is 5.02 Å². The molecule has 1 saturated heterocycles. The molecule has 0 unspecified atom stereocenters. The zero-order valence-corrected chi connectivity index (χ0v) is 22.8. The molecule has 3 N–H and O–H groups in total. The number of carbonyl (C=O) groups is 2. The predicted octanol–water partition coefficient (Wildman–Crippen LogP) is 5.56. The first-order valence-corrected chi connectivity index (χ1v) is 14.0. The van der Waals surface area contributed by atoms with E-state index in [0.717, 1.165) is 34.4 Å². The van der Waals surface area contributed by atoms with Crippen molar-refractivity contribution in [3.63, 3.8) is 0 Å². The monoisotopic (exact) mass is 543 g/mol. The smallest absolute Gasteiger partial charge is 0.234 e. The third-order valence-corrected chi connectivity index (χ3v) is 8.71. The molecule has 4 rings (SSSR count). The average Bonchev–Trinajstić information content (AvgIpc) is 3.46. The molecule has 198 valence electrons. The summed E-state index contributed by atoms with van der Waals surface area (Å²) in [6.45, 7) is 3.94. The lowest BCUT2D eigenvalue weighted by atomic mass is 9.68. The molecular formula is C29H34ClNO5S. The van der Waals surface area contributed by atoms with Gasteiger partial charge in [-0.2, -0.15) is 0 Å². The second-order valence-electron chi connectivity index (χ2n) is 10.0. The summed E-state index contributed by atoms with van der Waals surface area (Å²) in [7, 11) is 0. The molecule has 0 radical (unpaired) electrons. The first-order chi connectivity index (χ1) is 17.7. The van der Waals surface area contributed by atoms with Crippen molar-refractivity contribution in [3.8, 4) is 5.75 Å². The Morgan fingerprint density at radius 2 is 2.03 bits per heavy atom. The number of halogens is 1. The summed E-state index contributed by atoms with van der Waals surface area (Å²) in [5, 5.41) is 33.7. The highest BCUT2D eigenvalue weighted by atomic mass is 35.5. The normalized spacial score (nSPS) is 23.1. The number of hydrogen-bond acceptors (Lipinski definition) is 6. The van der Waals surface area contributed by atoms with Gasteiger partial charge in [-0.25, -0.2) is 0 Å². The lowest BCUT2D eigenvalue weighted by molar-refractivity contribution is -0.140. The van der Waals surface area contributed by atoms with E-state index >= 15 is 0 Å². The minimum Gasteiger partial charge on any atom is -0.508 e. The fourth-order valence-corrected chi connectivity index (χ4v) is 6.74. The number of phenols is 1. The van der Waals surface area contributed by atoms with Crippen LogP contribution in [-0.2, 0) is 16.1 Å². The molecule has 2 aromatic rings.